The minimum absolute atomic E-state index is 0.0337. The molecular formula is C15H11N3O4. The van der Waals surface area contributed by atoms with E-state index in [4.69, 9.17) is 5.21 Å². The number of nitrogens with zero attached hydrogens (tertiary/aromatic N) is 3. The molecule has 0 radical (unpaired) electrons. The van der Waals surface area contributed by atoms with E-state index >= 15 is 0 Å². The van der Waals surface area contributed by atoms with Crippen molar-refractivity contribution in [3.63, 3.8) is 0 Å². The number of nitro benzene ring substituents is 1. The van der Waals surface area contributed by atoms with Crippen LogP contribution >= 0.6 is 0 Å². The topological polar surface area (TPSA) is 96.0 Å². The van der Waals surface area contributed by atoms with Crippen LogP contribution in [0.3, 0.4) is 0 Å². The van der Waals surface area contributed by atoms with Crippen LogP contribution in [-0.2, 0) is 11.3 Å². The van der Waals surface area contributed by atoms with Crippen LogP contribution in [0.2, 0.25) is 0 Å². The van der Waals surface area contributed by atoms with Crippen molar-refractivity contribution >= 4 is 23.0 Å². The molecule has 1 amide bonds. The molecule has 7 nitrogen and oxygen atoms in total. The average molecular weight is 297 g/mol. The fourth-order valence-electron chi connectivity index (χ4n) is 2.51. The number of oxime groups is 1. The highest BCUT2D eigenvalue weighted by Gasteiger charge is 2.35. The van der Waals surface area contributed by atoms with Crippen LogP contribution in [0.15, 0.2) is 53.7 Å². The summed E-state index contributed by atoms with van der Waals surface area (Å²) in [5.41, 5.74) is 1.37. The number of carbonyl (C=O) groups is 1. The van der Waals surface area contributed by atoms with Crippen molar-refractivity contribution in [2.75, 3.05) is 4.90 Å². The Morgan fingerprint density at radius 2 is 1.82 bits per heavy atom. The van der Waals surface area contributed by atoms with E-state index in [9.17, 15) is 14.9 Å². The Balaban J connectivity index is 2.04. The van der Waals surface area contributed by atoms with Crippen LogP contribution in [0.25, 0.3) is 0 Å². The number of carbonyl (C=O) groups excluding carboxylic acids is 1. The van der Waals surface area contributed by atoms with Crippen molar-refractivity contribution in [3.8, 4) is 0 Å². The SMILES string of the molecule is O=C1/C(=N\O)c2ccccc2N1Cc1ccccc1[N+](=O)[O-]. The van der Waals surface area contributed by atoms with Crippen LogP contribution in [0, 0.1) is 10.1 Å². The summed E-state index contributed by atoms with van der Waals surface area (Å²) in [6, 6.07) is 13.1. The standard InChI is InChI=1S/C15H11N3O4/c19-15-14(16-20)11-6-2-4-8-13(11)17(15)9-10-5-1-3-7-12(10)18(21)22/h1-8,20H,9H2/b16-14-. The first-order valence-electron chi connectivity index (χ1n) is 6.49. The van der Waals surface area contributed by atoms with E-state index in [1.54, 1.807) is 42.5 Å². The van der Waals surface area contributed by atoms with Crippen molar-refractivity contribution in [2.24, 2.45) is 5.16 Å². The van der Waals surface area contributed by atoms with Crippen molar-refractivity contribution < 1.29 is 14.9 Å². The highest BCUT2D eigenvalue weighted by Crippen LogP contribution is 2.32. The first-order chi connectivity index (χ1) is 10.6. The van der Waals surface area contributed by atoms with E-state index in [2.05, 4.69) is 5.16 Å². The highest BCUT2D eigenvalue weighted by atomic mass is 16.6. The molecule has 0 unspecified atom stereocenters. The van der Waals surface area contributed by atoms with Gasteiger partial charge < -0.3 is 10.1 Å². The lowest BCUT2D eigenvalue weighted by Gasteiger charge is -2.16. The number of hydrogen-bond donors (Lipinski definition) is 1. The van der Waals surface area contributed by atoms with Crippen LogP contribution < -0.4 is 4.90 Å². The maximum Gasteiger partial charge on any atom is 0.281 e. The van der Waals surface area contributed by atoms with E-state index < -0.39 is 10.8 Å². The van der Waals surface area contributed by atoms with Crippen molar-refractivity contribution in [1.29, 1.82) is 0 Å². The Morgan fingerprint density at radius 1 is 1.14 bits per heavy atom. The van der Waals surface area contributed by atoms with E-state index in [0.29, 0.717) is 16.8 Å². The van der Waals surface area contributed by atoms with E-state index in [1.165, 1.54) is 11.0 Å². The molecule has 2 aromatic carbocycles. The van der Waals surface area contributed by atoms with Crippen LogP contribution in [-0.4, -0.2) is 21.7 Å². The van der Waals surface area contributed by atoms with Gasteiger partial charge in [0.15, 0.2) is 5.71 Å². The van der Waals surface area contributed by atoms with Crippen molar-refractivity contribution in [1.82, 2.24) is 0 Å². The van der Waals surface area contributed by atoms with Crippen LogP contribution in [0.1, 0.15) is 11.1 Å². The van der Waals surface area contributed by atoms with Gasteiger partial charge in [-0.15, -0.1) is 0 Å². The van der Waals surface area contributed by atoms with Crippen molar-refractivity contribution in [2.45, 2.75) is 6.54 Å². The predicted octanol–water partition coefficient (Wildman–Crippen LogP) is 2.32. The summed E-state index contributed by atoms with van der Waals surface area (Å²) in [7, 11) is 0. The Hall–Kier alpha value is -3.22. The number of benzene rings is 2. The molecule has 1 aliphatic rings. The normalized spacial score (nSPS) is 15.2. The van der Waals surface area contributed by atoms with Gasteiger partial charge in [0.25, 0.3) is 11.6 Å². The second-order valence-electron chi connectivity index (χ2n) is 4.74. The molecule has 0 aromatic heterocycles. The Bertz CT molecular complexity index is 801. The Kier molecular flexibility index (Phi) is 3.30. The summed E-state index contributed by atoms with van der Waals surface area (Å²) < 4.78 is 0. The van der Waals surface area contributed by atoms with Gasteiger partial charge in [-0.25, -0.2) is 0 Å². The highest BCUT2D eigenvalue weighted by molar-refractivity contribution is 6.54. The molecule has 0 spiro atoms. The summed E-state index contributed by atoms with van der Waals surface area (Å²) >= 11 is 0. The van der Waals surface area contributed by atoms with Gasteiger partial charge in [-0.3, -0.25) is 14.9 Å². The number of nitro groups is 1. The second kappa shape index (κ2) is 5.28. The van der Waals surface area contributed by atoms with Gasteiger partial charge >= 0.3 is 0 Å². The molecular weight excluding hydrogens is 286 g/mol. The lowest BCUT2D eigenvalue weighted by Crippen LogP contribution is -2.29. The van der Waals surface area contributed by atoms with Crippen LogP contribution in [0.5, 0.6) is 0 Å². The fraction of sp³-hybridized carbons (Fsp3) is 0.0667. The van der Waals surface area contributed by atoms with Gasteiger partial charge in [0.2, 0.25) is 0 Å². The molecule has 0 atom stereocenters. The number of para-hydroxylation sites is 2. The number of fused-ring (bicyclic) bond motifs is 1. The first-order valence-corrected chi connectivity index (χ1v) is 6.49. The molecule has 0 fully saturated rings. The molecule has 0 aliphatic carbocycles. The minimum atomic E-state index is -0.484. The molecule has 0 saturated heterocycles. The Labute approximate surface area is 125 Å². The van der Waals surface area contributed by atoms with E-state index in [1.807, 2.05) is 0 Å². The number of anilines is 1. The summed E-state index contributed by atoms with van der Waals surface area (Å²) in [5, 5.41) is 23.2. The summed E-state index contributed by atoms with van der Waals surface area (Å²) in [4.78, 5) is 24.3. The van der Waals surface area contributed by atoms with E-state index in [0.717, 1.165) is 0 Å². The molecule has 1 heterocycles. The quantitative estimate of drug-likeness (QED) is 0.534. The fourth-order valence-corrected chi connectivity index (χ4v) is 2.51. The lowest BCUT2D eigenvalue weighted by atomic mass is 10.1. The predicted molar refractivity (Wildman–Crippen MR) is 79.1 cm³/mol. The maximum atomic E-state index is 12.3. The van der Waals surface area contributed by atoms with Gasteiger partial charge in [-0.05, 0) is 6.07 Å². The third-order valence-corrected chi connectivity index (χ3v) is 3.51. The molecule has 22 heavy (non-hydrogen) atoms. The number of hydrogen-bond acceptors (Lipinski definition) is 5. The molecule has 7 heteroatoms. The van der Waals surface area contributed by atoms with Gasteiger partial charge in [0.05, 0.1) is 17.2 Å². The first kappa shape index (κ1) is 13.7. The summed E-state index contributed by atoms with van der Waals surface area (Å²) in [6.07, 6.45) is 0. The maximum absolute atomic E-state index is 12.3. The van der Waals surface area contributed by atoms with E-state index in [-0.39, 0.29) is 17.9 Å². The Morgan fingerprint density at radius 3 is 2.55 bits per heavy atom. The van der Waals surface area contributed by atoms with Gasteiger partial charge in [-0.1, -0.05) is 41.6 Å². The number of rotatable bonds is 3. The molecule has 2 aromatic rings. The zero-order chi connectivity index (χ0) is 15.7. The zero-order valence-electron chi connectivity index (χ0n) is 11.3. The molecule has 3 rings (SSSR count). The van der Waals surface area contributed by atoms with Gasteiger partial charge in [-0.2, -0.15) is 0 Å². The smallest absolute Gasteiger partial charge is 0.281 e. The average Bonchev–Trinajstić information content (AvgIpc) is 2.80. The number of amides is 1. The third kappa shape index (κ3) is 2.08. The largest absolute Gasteiger partial charge is 0.410 e. The van der Waals surface area contributed by atoms with Gasteiger partial charge in [0.1, 0.15) is 0 Å². The molecule has 0 bridgehead atoms. The molecule has 110 valence electrons. The van der Waals surface area contributed by atoms with Crippen molar-refractivity contribution in [3.05, 3.63) is 69.8 Å². The van der Waals surface area contributed by atoms with Crippen LogP contribution in [0.4, 0.5) is 11.4 Å². The summed E-state index contributed by atoms with van der Waals surface area (Å²) in [5.74, 6) is -0.484. The van der Waals surface area contributed by atoms with Gasteiger partial charge in [0, 0.05) is 17.2 Å². The second-order valence-corrected chi connectivity index (χ2v) is 4.74. The molecule has 1 N–H and O–H groups in total. The zero-order valence-corrected chi connectivity index (χ0v) is 11.3. The minimum Gasteiger partial charge on any atom is -0.410 e. The summed E-state index contributed by atoms with van der Waals surface area (Å²) in [6.45, 7) is 0.0337. The molecule has 1 aliphatic heterocycles. The lowest BCUT2D eigenvalue weighted by molar-refractivity contribution is -0.385. The molecule has 0 saturated carbocycles. The third-order valence-electron chi connectivity index (χ3n) is 3.51. The monoisotopic (exact) mass is 297 g/mol.